The first-order valence-electron chi connectivity index (χ1n) is 6.75. The van der Waals surface area contributed by atoms with Crippen LogP contribution in [0.4, 0.5) is 10.6 Å². The summed E-state index contributed by atoms with van der Waals surface area (Å²) in [7, 11) is 1.81. The Labute approximate surface area is 117 Å². The molecule has 0 spiro atoms. The largest absolute Gasteiger partial charge is 0.338 e. The Bertz CT molecular complexity index is 602. The molecule has 1 unspecified atom stereocenters. The number of nitrogens with zero attached hydrogens (tertiary/aromatic N) is 4. The molecule has 1 atom stereocenters. The topological polar surface area (TPSA) is 76.8 Å². The molecule has 20 heavy (non-hydrogen) atoms. The van der Waals surface area contributed by atoms with Gasteiger partial charge in [0.1, 0.15) is 5.82 Å². The number of urea groups is 1. The Kier molecular flexibility index (Phi) is 3.41. The van der Waals surface area contributed by atoms with Crippen molar-refractivity contribution in [2.75, 3.05) is 11.9 Å². The molecule has 2 aromatic rings. The number of imidazole rings is 1. The highest BCUT2D eigenvalue weighted by Gasteiger charge is 2.19. The normalized spacial score (nSPS) is 17.6. The summed E-state index contributed by atoms with van der Waals surface area (Å²) in [5.74, 6) is 2.11. The van der Waals surface area contributed by atoms with Crippen LogP contribution in [0.15, 0.2) is 24.7 Å². The standard InChI is InChI=1S/C13H18N6O/c1-18-5-3-11(17-18)16-13(20)15-9-10-2-6-19-7-4-14-12(19)8-10/h3-5,7,10H,2,6,8-9H2,1H3,(H2,15,16,17,20). The van der Waals surface area contributed by atoms with Gasteiger partial charge in [0, 0.05) is 51.2 Å². The van der Waals surface area contributed by atoms with Gasteiger partial charge in [0.05, 0.1) is 0 Å². The molecule has 0 fully saturated rings. The molecule has 0 aliphatic carbocycles. The van der Waals surface area contributed by atoms with E-state index in [4.69, 9.17) is 0 Å². The minimum atomic E-state index is -0.211. The van der Waals surface area contributed by atoms with E-state index >= 15 is 0 Å². The lowest BCUT2D eigenvalue weighted by molar-refractivity contribution is 0.248. The molecule has 0 saturated heterocycles. The molecule has 1 aliphatic rings. The fraction of sp³-hybridized carbons (Fsp3) is 0.462. The molecule has 2 N–H and O–H groups in total. The fourth-order valence-corrected chi connectivity index (χ4v) is 2.47. The summed E-state index contributed by atoms with van der Waals surface area (Å²) < 4.78 is 3.82. The van der Waals surface area contributed by atoms with Crippen LogP contribution in [0.3, 0.4) is 0 Å². The van der Waals surface area contributed by atoms with Gasteiger partial charge in [-0.15, -0.1) is 0 Å². The number of nitrogens with one attached hydrogen (secondary N) is 2. The van der Waals surface area contributed by atoms with Gasteiger partial charge in [0.15, 0.2) is 5.82 Å². The van der Waals surface area contributed by atoms with Crippen molar-refractivity contribution in [3.8, 4) is 0 Å². The SMILES string of the molecule is Cn1ccc(NC(=O)NCC2CCn3ccnc3C2)n1. The number of carbonyl (C=O) groups excluding carboxylic acids is 1. The van der Waals surface area contributed by atoms with Gasteiger partial charge in [0.2, 0.25) is 0 Å². The van der Waals surface area contributed by atoms with Crippen molar-refractivity contribution in [1.82, 2.24) is 24.6 Å². The third kappa shape index (κ3) is 2.81. The first kappa shape index (κ1) is 12.7. The summed E-state index contributed by atoms with van der Waals surface area (Å²) in [5, 5.41) is 9.71. The zero-order chi connectivity index (χ0) is 13.9. The van der Waals surface area contributed by atoms with Gasteiger partial charge >= 0.3 is 6.03 Å². The number of rotatable bonds is 3. The number of aromatic nitrogens is 4. The first-order valence-corrected chi connectivity index (χ1v) is 6.75. The fourth-order valence-electron chi connectivity index (χ4n) is 2.47. The molecule has 7 nitrogen and oxygen atoms in total. The predicted molar refractivity (Wildman–Crippen MR) is 74.3 cm³/mol. The molecular weight excluding hydrogens is 256 g/mol. The third-order valence-corrected chi connectivity index (χ3v) is 3.56. The van der Waals surface area contributed by atoms with Crippen molar-refractivity contribution in [2.45, 2.75) is 19.4 Å². The van der Waals surface area contributed by atoms with Crippen LogP contribution in [0.1, 0.15) is 12.2 Å². The van der Waals surface area contributed by atoms with Crippen molar-refractivity contribution in [3.63, 3.8) is 0 Å². The zero-order valence-corrected chi connectivity index (χ0v) is 11.4. The van der Waals surface area contributed by atoms with E-state index in [1.807, 2.05) is 19.4 Å². The molecular formula is C13H18N6O. The second-order valence-electron chi connectivity index (χ2n) is 5.11. The summed E-state index contributed by atoms with van der Waals surface area (Å²) in [6.45, 7) is 1.63. The quantitative estimate of drug-likeness (QED) is 0.876. The minimum absolute atomic E-state index is 0.211. The Balaban J connectivity index is 1.47. The van der Waals surface area contributed by atoms with E-state index in [1.54, 1.807) is 16.9 Å². The lowest BCUT2D eigenvalue weighted by Crippen LogP contribution is -2.35. The number of carbonyl (C=O) groups is 1. The highest BCUT2D eigenvalue weighted by atomic mass is 16.2. The zero-order valence-electron chi connectivity index (χ0n) is 11.4. The Morgan fingerprint density at radius 2 is 2.40 bits per heavy atom. The van der Waals surface area contributed by atoms with Crippen LogP contribution >= 0.6 is 0 Å². The third-order valence-electron chi connectivity index (χ3n) is 3.56. The van der Waals surface area contributed by atoms with Crippen LogP contribution in [0.25, 0.3) is 0 Å². The molecule has 7 heteroatoms. The maximum Gasteiger partial charge on any atom is 0.320 e. The second-order valence-corrected chi connectivity index (χ2v) is 5.11. The molecule has 2 aromatic heterocycles. The average molecular weight is 274 g/mol. The molecule has 106 valence electrons. The van der Waals surface area contributed by atoms with E-state index in [0.717, 1.165) is 25.2 Å². The number of amides is 2. The van der Waals surface area contributed by atoms with Crippen LogP contribution in [-0.2, 0) is 20.0 Å². The van der Waals surface area contributed by atoms with Crippen molar-refractivity contribution < 1.29 is 4.79 Å². The summed E-state index contributed by atoms with van der Waals surface area (Å²) in [4.78, 5) is 16.1. The number of fused-ring (bicyclic) bond motifs is 1. The summed E-state index contributed by atoms with van der Waals surface area (Å²) in [6, 6.07) is 1.55. The van der Waals surface area contributed by atoms with Gasteiger partial charge in [-0.05, 0) is 12.3 Å². The Hall–Kier alpha value is -2.31. The van der Waals surface area contributed by atoms with Crippen molar-refractivity contribution >= 4 is 11.8 Å². The molecule has 0 saturated carbocycles. The summed E-state index contributed by atoms with van der Waals surface area (Å²) in [6.07, 6.45) is 7.60. The Morgan fingerprint density at radius 1 is 1.50 bits per heavy atom. The second kappa shape index (κ2) is 5.36. The number of aryl methyl sites for hydroxylation is 2. The maximum atomic E-state index is 11.8. The van der Waals surface area contributed by atoms with Gasteiger partial charge in [-0.3, -0.25) is 10.00 Å². The van der Waals surface area contributed by atoms with Crippen LogP contribution in [-0.4, -0.2) is 31.9 Å². The van der Waals surface area contributed by atoms with Crippen molar-refractivity contribution in [3.05, 3.63) is 30.5 Å². The highest BCUT2D eigenvalue weighted by molar-refractivity contribution is 5.88. The van der Waals surface area contributed by atoms with E-state index in [1.165, 1.54) is 0 Å². The predicted octanol–water partition coefficient (Wildman–Crippen LogP) is 1.00. The average Bonchev–Trinajstić information content (AvgIpc) is 3.04. The molecule has 1 aliphatic heterocycles. The van der Waals surface area contributed by atoms with Crippen LogP contribution < -0.4 is 10.6 Å². The van der Waals surface area contributed by atoms with E-state index < -0.39 is 0 Å². The van der Waals surface area contributed by atoms with Gasteiger partial charge < -0.3 is 9.88 Å². The molecule has 2 amide bonds. The lowest BCUT2D eigenvalue weighted by Gasteiger charge is -2.23. The van der Waals surface area contributed by atoms with Crippen molar-refractivity contribution in [2.24, 2.45) is 13.0 Å². The van der Waals surface area contributed by atoms with Gasteiger partial charge in [0.25, 0.3) is 0 Å². The lowest BCUT2D eigenvalue weighted by atomic mass is 9.98. The monoisotopic (exact) mass is 274 g/mol. The van der Waals surface area contributed by atoms with Gasteiger partial charge in [-0.1, -0.05) is 0 Å². The minimum Gasteiger partial charge on any atom is -0.338 e. The summed E-state index contributed by atoms with van der Waals surface area (Å²) in [5.41, 5.74) is 0. The molecule has 0 bridgehead atoms. The highest BCUT2D eigenvalue weighted by Crippen LogP contribution is 2.18. The van der Waals surface area contributed by atoms with E-state index in [2.05, 4.69) is 25.3 Å². The number of hydrogen-bond donors (Lipinski definition) is 2. The number of anilines is 1. The van der Waals surface area contributed by atoms with Gasteiger partial charge in [-0.2, -0.15) is 5.10 Å². The number of hydrogen-bond acceptors (Lipinski definition) is 3. The van der Waals surface area contributed by atoms with Crippen LogP contribution in [0, 0.1) is 5.92 Å². The maximum absolute atomic E-state index is 11.8. The molecule has 3 rings (SSSR count). The Morgan fingerprint density at radius 3 is 3.20 bits per heavy atom. The smallest absolute Gasteiger partial charge is 0.320 e. The van der Waals surface area contributed by atoms with Gasteiger partial charge in [-0.25, -0.2) is 9.78 Å². The van der Waals surface area contributed by atoms with E-state index in [-0.39, 0.29) is 6.03 Å². The van der Waals surface area contributed by atoms with Crippen molar-refractivity contribution in [1.29, 1.82) is 0 Å². The molecule has 0 aromatic carbocycles. The van der Waals surface area contributed by atoms with E-state index in [9.17, 15) is 4.79 Å². The summed E-state index contributed by atoms with van der Waals surface area (Å²) >= 11 is 0. The van der Waals surface area contributed by atoms with Crippen LogP contribution in [0.5, 0.6) is 0 Å². The van der Waals surface area contributed by atoms with Crippen LogP contribution in [0.2, 0.25) is 0 Å². The van der Waals surface area contributed by atoms with E-state index in [0.29, 0.717) is 18.3 Å². The first-order chi connectivity index (χ1) is 9.70. The molecule has 0 radical (unpaired) electrons. The molecule has 3 heterocycles.